The second kappa shape index (κ2) is 16.7. The molecule has 0 fully saturated rings. The van der Waals surface area contributed by atoms with Gasteiger partial charge in [0.05, 0.1) is 24.7 Å². The van der Waals surface area contributed by atoms with Crippen molar-refractivity contribution in [2.24, 2.45) is 0 Å². The number of carbonyl (C=O) groups is 2. The Morgan fingerprint density at radius 1 is 0.875 bits per heavy atom. The molecule has 3 rings (SSSR count). The Morgan fingerprint density at radius 3 is 2.02 bits per heavy atom. The van der Waals surface area contributed by atoms with Crippen LogP contribution in [0.4, 0.5) is 9.59 Å². The third kappa shape index (κ3) is 10.5. The van der Waals surface area contributed by atoms with E-state index >= 15 is 0 Å². The molecule has 0 aliphatic rings. The van der Waals surface area contributed by atoms with E-state index in [1.165, 1.54) is 4.90 Å². The summed E-state index contributed by atoms with van der Waals surface area (Å²) in [5.74, 6) is 0. The fourth-order valence-corrected chi connectivity index (χ4v) is 4.29. The Labute approximate surface area is 236 Å². The molecule has 3 aromatic carbocycles. The van der Waals surface area contributed by atoms with E-state index in [2.05, 4.69) is 10.6 Å². The van der Waals surface area contributed by atoms with E-state index in [0.29, 0.717) is 32.2 Å². The minimum Gasteiger partial charge on any atom is -0.445 e. The van der Waals surface area contributed by atoms with Crippen LogP contribution in [0.1, 0.15) is 36.5 Å². The van der Waals surface area contributed by atoms with Crippen LogP contribution >= 0.6 is 0 Å². The van der Waals surface area contributed by atoms with Crippen LogP contribution in [0.5, 0.6) is 0 Å². The molecule has 3 amide bonds. The van der Waals surface area contributed by atoms with Crippen molar-refractivity contribution < 1.29 is 24.2 Å². The summed E-state index contributed by atoms with van der Waals surface area (Å²) in [6.45, 7) is 2.26. The Bertz CT molecular complexity index is 1160. The molecule has 0 saturated heterocycles. The van der Waals surface area contributed by atoms with Crippen molar-refractivity contribution in [3.05, 3.63) is 108 Å². The van der Waals surface area contributed by atoms with Gasteiger partial charge < -0.3 is 25.4 Å². The van der Waals surface area contributed by atoms with Gasteiger partial charge >= 0.3 is 12.1 Å². The van der Waals surface area contributed by atoms with E-state index in [9.17, 15) is 19.5 Å². The number of amides is 3. The van der Waals surface area contributed by atoms with E-state index in [4.69, 9.17) is 4.74 Å². The lowest BCUT2D eigenvalue weighted by Gasteiger charge is -2.31. The molecule has 0 aliphatic carbocycles. The number of carbonyl (C=O) groups excluding carboxylic acids is 3. The van der Waals surface area contributed by atoms with E-state index < -0.39 is 30.3 Å². The first-order valence-electron chi connectivity index (χ1n) is 13.6. The molecule has 0 saturated carbocycles. The van der Waals surface area contributed by atoms with E-state index in [1.54, 1.807) is 0 Å². The summed E-state index contributed by atoms with van der Waals surface area (Å²) >= 11 is 0. The number of urea groups is 1. The van der Waals surface area contributed by atoms with Gasteiger partial charge in [0, 0.05) is 6.54 Å². The Balaban J connectivity index is 1.73. The summed E-state index contributed by atoms with van der Waals surface area (Å²) in [4.78, 5) is 38.8. The second-order valence-electron chi connectivity index (χ2n) is 9.66. The number of aliphatic hydroxyl groups excluding tert-OH is 1. The molecule has 0 heterocycles. The third-order valence-corrected chi connectivity index (χ3v) is 6.50. The molecule has 0 bridgehead atoms. The number of alkyl carbamates (subject to hydrolysis) is 1. The van der Waals surface area contributed by atoms with Gasteiger partial charge in [0.15, 0.2) is 0 Å². The van der Waals surface area contributed by atoms with Gasteiger partial charge in [-0.2, -0.15) is 0 Å². The molecular formula is C32H38N3O5. The molecule has 3 atom stereocenters. The van der Waals surface area contributed by atoms with Gasteiger partial charge in [-0.1, -0.05) is 104 Å². The molecule has 3 N–H and O–H groups in total. The fourth-order valence-electron chi connectivity index (χ4n) is 4.29. The number of ether oxygens (including phenoxy) is 1. The van der Waals surface area contributed by atoms with Gasteiger partial charge in [0.1, 0.15) is 6.61 Å². The van der Waals surface area contributed by atoms with Crippen molar-refractivity contribution in [1.29, 1.82) is 0 Å². The van der Waals surface area contributed by atoms with Crippen LogP contribution in [0, 0.1) is 0 Å². The average molecular weight is 545 g/mol. The van der Waals surface area contributed by atoms with Gasteiger partial charge in [-0.15, -0.1) is 0 Å². The van der Waals surface area contributed by atoms with Gasteiger partial charge in [0.25, 0.3) is 0 Å². The van der Waals surface area contributed by atoms with Crippen LogP contribution in [0.15, 0.2) is 91.0 Å². The molecule has 211 valence electrons. The fraction of sp³-hybridized carbons (Fsp3) is 0.344. The summed E-state index contributed by atoms with van der Waals surface area (Å²) in [5.41, 5.74) is 2.79. The number of hydrogen-bond donors (Lipinski definition) is 3. The average Bonchev–Trinajstić information content (AvgIpc) is 2.99. The van der Waals surface area contributed by atoms with E-state index in [0.717, 1.165) is 16.7 Å². The molecule has 1 radical (unpaired) electrons. The SMILES string of the molecule is CCC[C@@H]([C]=O)NC(=O)N(CCc1ccccc1)CC(O)C(Cc1ccccc1)NC(=O)OCc1ccccc1. The first-order chi connectivity index (χ1) is 19.5. The van der Waals surface area contributed by atoms with Crippen LogP contribution < -0.4 is 10.6 Å². The molecule has 3 aromatic rings. The van der Waals surface area contributed by atoms with Crippen LogP contribution in [0.3, 0.4) is 0 Å². The lowest BCUT2D eigenvalue weighted by molar-refractivity contribution is 0.0786. The highest BCUT2D eigenvalue weighted by Crippen LogP contribution is 2.11. The number of nitrogens with one attached hydrogen (secondary N) is 2. The maximum absolute atomic E-state index is 13.2. The van der Waals surface area contributed by atoms with Crippen molar-refractivity contribution in [3.63, 3.8) is 0 Å². The highest BCUT2D eigenvalue weighted by Gasteiger charge is 2.27. The minimum absolute atomic E-state index is 0.0627. The number of rotatable bonds is 15. The number of hydrogen-bond acceptors (Lipinski definition) is 5. The standard InChI is InChI=1S/C32H38N3O5/c1-2-12-28(23-36)33-31(38)35(20-19-25-13-6-3-7-14-25)22-30(37)29(21-26-15-8-4-9-16-26)34-32(39)40-24-27-17-10-5-11-18-27/h3-11,13-18,28-30,37H,2,12,19-22,24H2,1H3,(H,33,38)(H,34,39)/t28-,29?,30?/m0/s1. The molecule has 0 spiro atoms. The lowest BCUT2D eigenvalue weighted by atomic mass is 10.0. The van der Waals surface area contributed by atoms with Gasteiger partial charge in [0.2, 0.25) is 6.29 Å². The monoisotopic (exact) mass is 544 g/mol. The van der Waals surface area contributed by atoms with Crippen molar-refractivity contribution in [2.75, 3.05) is 13.1 Å². The summed E-state index contributed by atoms with van der Waals surface area (Å²) in [5, 5.41) is 16.9. The topological polar surface area (TPSA) is 108 Å². The van der Waals surface area contributed by atoms with Crippen molar-refractivity contribution in [1.82, 2.24) is 15.5 Å². The first kappa shape index (κ1) is 30.4. The largest absolute Gasteiger partial charge is 0.445 e. The van der Waals surface area contributed by atoms with Crippen molar-refractivity contribution in [2.45, 2.75) is 57.4 Å². The number of benzene rings is 3. The van der Waals surface area contributed by atoms with Gasteiger partial charge in [-0.05, 0) is 36.0 Å². The highest BCUT2D eigenvalue weighted by atomic mass is 16.5. The quantitative estimate of drug-likeness (QED) is 0.263. The molecule has 40 heavy (non-hydrogen) atoms. The molecule has 2 unspecified atom stereocenters. The van der Waals surface area contributed by atoms with E-state index in [-0.39, 0.29) is 13.2 Å². The molecular weight excluding hydrogens is 506 g/mol. The smallest absolute Gasteiger partial charge is 0.407 e. The van der Waals surface area contributed by atoms with Gasteiger partial charge in [-0.3, -0.25) is 4.79 Å². The Hall–Kier alpha value is -4.17. The second-order valence-corrected chi connectivity index (χ2v) is 9.66. The maximum Gasteiger partial charge on any atom is 0.407 e. The van der Waals surface area contributed by atoms with Crippen LogP contribution in [0.25, 0.3) is 0 Å². The number of aliphatic hydroxyl groups is 1. The molecule has 8 heteroatoms. The predicted molar refractivity (Wildman–Crippen MR) is 154 cm³/mol. The molecule has 8 nitrogen and oxygen atoms in total. The Kier molecular flexibility index (Phi) is 12.7. The number of nitrogens with zero attached hydrogens (tertiary/aromatic N) is 1. The molecule has 0 aliphatic heterocycles. The summed E-state index contributed by atoms with van der Waals surface area (Å²) < 4.78 is 5.40. The zero-order valence-corrected chi connectivity index (χ0v) is 22.9. The van der Waals surface area contributed by atoms with Crippen molar-refractivity contribution in [3.8, 4) is 0 Å². The van der Waals surface area contributed by atoms with Crippen molar-refractivity contribution >= 4 is 18.4 Å². The maximum atomic E-state index is 13.2. The lowest BCUT2D eigenvalue weighted by Crippen LogP contribution is -2.53. The summed E-state index contributed by atoms with van der Waals surface area (Å²) in [6, 6.07) is 26.6. The predicted octanol–water partition coefficient (Wildman–Crippen LogP) is 4.42. The zero-order valence-electron chi connectivity index (χ0n) is 22.9. The van der Waals surface area contributed by atoms with Crippen LogP contribution in [0.2, 0.25) is 0 Å². The Morgan fingerprint density at radius 2 is 1.45 bits per heavy atom. The third-order valence-electron chi connectivity index (χ3n) is 6.50. The first-order valence-corrected chi connectivity index (χ1v) is 13.6. The summed E-state index contributed by atoms with van der Waals surface area (Å²) in [6.07, 6.45) is 2.16. The van der Waals surface area contributed by atoms with Gasteiger partial charge in [-0.25, -0.2) is 9.59 Å². The molecule has 0 aromatic heterocycles. The van der Waals surface area contributed by atoms with E-state index in [1.807, 2.05) is 104 Å². The van der Waals surface area contributed by atoms with Crippen LogP contribution in [-0.2, 0) is 29.0 Å². The highest BCUT2D eigenvalue weighted by molar-refractivity contribution is 5.78. The zero-order chi connectivity index (χ0) is 28.6. The van der Waals surface area contributed by atoms with Crippen LogP contribution in [-0.4, -0.2) is 59.7 Å². The summed E-state index contributed by atoms with van der Waals surface area (Å²) in [7, 11) is 0. The normalized spacial score (nSPS) is 12.9. The minimum atomic E-state index is -1.11.